The van der Waals surface area contributed by atoms with Crippen LogP contribution in [0, 0.1) is 0 Å². The molecule has 5 nitrogen and oxygen atoms in total. The Bertz CT molecular complexity index is 696. The molecular weight excluding hydrogens is 324 g/mol. The van der Waals surface area contributed by atoms with Gasteiger partial charge in [0.15, 0.2) is 11.5 Å². The normalized spacial score (nSPS) is 12.2. The highest BCUT2D eigenvalue weighted by Crippen LogP contribution is 2.32. The summed E-state index contributed by atoms with van der Waals surface area (Å²) >= 11 is 7.30. The van der Waals surface area contributed by atoms with Crippen LogP contribution in [0.1, 0.15) is 5.56 Å². The number of fused-ring (bicyclic) bond motifs is 1. The third-order valence-electron chi connectivity index (χ3n) is 2.99. The van der Waals surface area contributed by atoms with E-state index in [9.17, 15) is 4.79 Å². The summed E-state index contributed by atoms with van der Waals surface area (Å²) in [5, 5.41) is 4.06. The van der Waals surface area contributed by atoms with Crippen LogP contribution in [0.4, 0.5) is 0 Å². The van der Waals surface area contributed by atoms with E-state index in [4.69, 9.17) is 21.1 Å². The number of hydrogen-bond donors (Lipinski definition) is 1. The second kappa shape index (κ2) is 6.89. The summed E-state index contributed by atoms with van der Waals surface area (Å²) in [5.41, 5.74) is 0.957. The largest absolute Gasteiger partial charge is 0.454 e. The summed E-state index contributed by atoms with van der Waals surface area (Å²) in [7, 11) is 0. The van der Waals surface area contributed by atoms with E-state index in [0.29, 0.717) is 22.3 Å². The zero-order valence-corrected chi connectivity index (χ0v) is 13.1. The van der Waals surface area contributed by atoms with E-state index in [2.05, 4.69) is 10.3 Å². The van der Waals surface area contributed by atoms with Crippen LogP contribution in [-0.2, 0) is 11.3 Å². The molecule has 3 rings (SSSR count). The third-order valence-corrected chi connectivity index (χ3v) is 4.41. The van der Waals surface area contributed by atoms with Gasteiger partial charge in [0.25, 0.3) is 0 Å². The van der Waals surface area contributed by atoms with Crippen LogP contribution in [0.5, 0.6) is 11.5 Å². The van der Waals surface area contributed by atoms with Gasteiger partial charge in [-0.15, -0.1) is 0 Å². The van der Waals surface area contributed by atoms with Crippen molar-refractivity contribution in [3.8, 4) is 11.5 Å². The second-order valence-corrected chi connectivity index (χ2v) is 5.91. The second-order valence-electron chi connectivity index (χ2n) is 4.54. The number of thioether (sulfide) groups is 1. The first kappa shape index (κ1) is 15.0. The lowest BCUT2D eigenvalue weighted by molar-refractivity contribution is -0.118. The Morgan fingerprint density at radius 2 is 2.18 bits per heavy atom. The molecule has 0 spiro atoms. The number of pyridine rings is 1. The highest BCUT2D eigenvalue weighted by molar-refractivity contribution is 8.00. The fraction of sp³-hybridized carbons (Fsp3) is 0.200. The van der Waals surface area contributed by atoms with Crippen molar-refractivity contribution in [1.29, 1.82) is 0 Å². The van der Waals surface area contributed by atoms with Crippen molar-refractivity contribution in [3.05, 3.63) is 47.1 Å². The number of hydrogen-bond acceptors (Lipinski definition) is 5. The fourth-order valence-corrected chi connectivity index (χ4v) is 2.91. The van der Waals surface area contributed by atoms with Crippen molar-refractivity contribution < 1.29 is 14.3 Å². The molecule has 114 valence electrons. The highest BCUT2D eigenvalue weighted by Gasteiger charge is 2.13. The minimum absolute atomic E-state index is 0.0793. The first-order valence-corrected chi connectivity index (χ1v) is 7.97. The van der Waals surface area contributed by atoms with Gasteiger partial charge in [-0.1, -0.05) is 29.4 Å². The van der Waals surface area contributed by atoms with Crippen LogP contribution >= 0.6 is 23.4 Å². The molecule has 0 atom stereocenters. The summed E-state index contributed by atoms with van der Waals surface area (Å²) in [6.45, 7) is 0.679. The molecule has 1 amide bonds. The van der Waals surface area contributed by atoms with Crippen molar-refractivity contribution >= 4 is 29.3 Å². The van der Waals surface area contributed by atoms with E-state index < -0.39 is 0 Å². The summed E-state index contributed by atoms with van der Waals surface area (Å²) < 4.78 is 10.5. The number of halogens is 1. The molecule has 1 aromatic heterocycles. The molecular formula is C15H13ClN2O3S. The zero-order chi connectivity index (χ0) is 15.4. The van der Waals surface area contributed by atoms with Gasteiger partial charge in [-0.3, -0.25) is 4.79 Å². The average Bonchev–Trinajstić information content (AvgIpc) is 2.99. The number of nitrogens with one attached hydrogen (secondary N) is 1. The van der Waals surface area contributed by atoms with Crippen LogP contribution < -0.4 is 14.8 Å². The number of aromatic nitrogens is 1. The Balaban J connectivity index is 1.49. The lowest BCUT2D eigenvalue weighted by Crippen LogP contribution is -2.24. The van der Waals surface area contributed by atoms with Crippen molar-refractivity contribution in [2.75, 3.05) is 12.5 Å². The smallest absolute Gasteiger partial charge is 0.231 e. The molecule has 1 N–H and O–H groups in total. The van der Waals surface area contributed by atoms with Gasteiger partial charge in [-0.05, 0) is 29.8 Å². The van der Waals surface area contributed by atoms with Crippen LogP contribution in [0.15, 0.2) is 41.6 Å². The van der Waals surface area contributed by atoms with Crippen molar-refractivity contribution in [3.63, 3.8) is 0 Å². The molecule has 7 heteroatoms. The topological polar surface area (TPSA) is 60.5 Å². The van der Waals surface area contributed by atoms with Gasteiger partial charge < -0.3 is 14.8 Å². The molecule has 22 heavy (non-hydrogen) atoms. The first-order chi connectivity index (χ1) is 10.7. The zero-order valence-electron chi connectivity index (χ0n) is 11.5. The highest BCUT2D eigenvalue weighted by atomic mass is 35.5. The Morgan fingerprint density at radius 3 is 3.05 bits per heavy atom. The lowest BCUT2D eigenvalue weighted by Gasteiger charge is -2.06. The summed E-state index contributed by atoms with van der Waals surface area (Å²) in [4.78, 5) is 16.0. The van der Waals surface area contributed by atoms with Gasteiger partial charge in [0, 0.05) is 12.7 Å². The van der Waals surface area contributed by atoms with Gasteiger partial charge in [0.1, 0.15) is 5.03 Å². The molecule has 1 aliphatic heterocycles. The predicted molar refractivity (Wildman–Crippen MR) is 84.4 cm³/mol. The molecule has 0 fully saturated rings. The molecule has 2 aromatic rings. The van der Waals surface area contributed by atoms with E-state index in [1.165, 1.54) is 11.8 Å². The van der Waals surface area contributed by atoms with Gasteiger partial charge in [0.2, 0.25) is 12.7 Å². The maximum absolute atomic E-state index is 11.9. The Morgan fingerprint density at radius 1 is 1.32 bits per heavy atom. The van der Waals surface area contributed by atoms with Gasteiger partial charge in [-0.25, -0.2) is 4.98 Å². The number of carbonyl (C=O) groups is 1. The fourth-order valence-electron chi connectivity index (χ4n) is 1.91. The molecule has 1 aromatic carbocycles. The SMILES string of the molecule is O=C(CSc1ncccc1Cl)NCc1ccc2c(c1)OCO2. The summed E-state index contributed by atoms with van der Waals surface area (Å²) in [6.07, 6.45) is 1.65. The first-order valence-electron chi connectivity index (χ1n) is 6.61. The van der Waals surface area contributed by atoms with E-state index in [1.54, 1.807) is 18.3 Å². The van der Waals surface area contributed by atoms with Crippen LogP contribution in [0.2, 0.25) is 5.02 Å². The number of benzene rings is 1. The van der Waals surface area contributed by atoms with E-state index in [1.807, 2.05) is 18.2 Å². The van der Waals surface area contributed by atoms with Gasteiger partial charge in [0.05, 0.1) is 10.8 Å². The Labute approximate surface area is 137 Å². The van der Waals surface area contributed by atoms with Gasteiger partial charge in [-0.2, -0.15) is 0 Å². The molecule has 0 saturated heterocycles. The molecule has 0 aliphatic carbocycles. The standard InChI is InChI=1S/C15H13ClN2O3S/c16-11-2-1-5-17-15(11)22-8-14(19)18-7-10-3-4-12-13(6-10)21-9-20-12/h1-6H,7-9H2,(H,18,19). The van der Waals surface area contributed by atoms with E-state index in [0.717, 1.165) is 11.3 Å². The minimum atomic E-state index is -0.0793. The number of nitrogens with zero attached hydrogens (tertiary/aromatic N) is 1. The van der Waals surface area contributed by atoms with Gasteiger partial charge >= 0.3 is 0 Å². The molecule has 0 unspecified atom stereocenters. The molecule has 1 aliphatic rings. The number of amides is 1. The molecule has 2 heterocycles. The third kappa shape index (κ3) is 3.64. The van der Waals surface area contributed by atoms with E-state index >= 15 is 0 Å². The Hall–Kier alpha value is -1.92. The Kier molecular flexibility index (Phi) is 4.70. The van der Waals surface area contributed by atoms with Crippen LogP contribution in [0.25, 0.3) is 0 Å². The maximum Gasteiger partial charge on any atom is 0.231 e. The van der Waals surface area contributed by atoms with Crippen molar-refractivity contribution in [2.45, 2.75) is 11.6 Å². The number of ether oxygens (including phenoxy) is 2. The molecule has 0 radical (unpaired) electrons. The summed E-state index contributed by atoms with van der Waals surface area (Å²) in [6, 6.07) is 9.11. The van der Waals surface area contributed by atoms with Crippen molar-refractivity contribution in [1.82, 2.24) is 10.3 Å². The molecule has 0 saturated carbocycles. The monoisotopic (exact) mass is 336 g/mol. The summed E-state index contributed by atoms with van der Waals surface area (Å²) in [5.74, 6) is 1.63. The quantitative estimate of drug-likeness (QED) is 0.851. The predicted octanol–water partition coefficient (Wildman–Crippen LogP) is 2.87. The van der Waals surface area contributed by atoms with Crippen LogP contribution in [-0.4, -0.2) is 23.4 Å². The van der Waals surface area contributed by atoms with E-state index in [-0.39, 0.29) is 18.5 Å². The minimum Gasteiger partial charge on any atom is -0.454 e. The van der Waals surface area contributed by atoms with Crippen molar-refractivity contribution in [2.24, 2.45) is 0 Å². The number of rotatable bonds is 5. The lowest BCUT2D eigenvalue weighted by atomic mass is 10.2. The molecule has 0 bridgehead atoms. The maximum atomic E-state index is 11.9. The van der Waals surface area contributed by atoms with Crippen LogP contribution in [0.3, 0.4) is 0 Å². The average molecular weight is 337 g/mol. The number of carbonyl (C=O) groups excluding carboxylic acids is 1.